The van der Waals surface area contributed by atoms with E-state index in [1.165, 1.54) is 0 Å². The van der Waals surface area contributed by atoms with E-state index in [1.807, 2.05) is 0 Å². The highest BCUT2D eigenvalue weighted by molar-refractivity contribution is 5.90. The Hall–Kier alpha value is -1.63. The molecule has 1 aliphatic rings. The number of amides is 3. The van der Waals surface area contributed by atoms with Crippen LogP contribution in [0.15, 0.2) is 0 Å². The molecular weight excluding hydrogens is 298 g/mol. The summed E-state index contributed by atoms with van der Waals surface area (Å²) in [6.07, 6.45) is 6.67. The van der Waals surface area contributed by atoms with Crippen LogP contribution in [0, 0.1) is 5.92 Å². The van der Waals surface area contributed by atoms with Gasteiger partial charge in [0.05, 0.1) is 0 Å². The molecule has 0 saturated carbocycles. The number of rotatable bonds is 2. The van der Waals surface area contributed by atoms with Crippen LogP contribution in [-0.4, -0.2) is 47.5 Å². The van der Waals surface area contributed by atoms with Gasteiger partial charge in [-0.1, -0.05) is 32.1 Å². The quantitative estimate of drug-likeness (QED) is 0.524. The number of carbonyl (C=O) groups excluding carboxylic acids is 3. The number of hydrogen-bond acceptors (Lipinski definition) is 4. The summed E-state index contributed by atoms with van der Waals surface area (Å²) in [5, 5.41) is 11.4. The van der Waals surface area contributed by atoms with Crippen molar-refractivity contribution in [2.24, 2.45) is 5.92 Å². The molecule has 0 aromatic rings. The molecule has 7 nitrogen and oxygen atoms in total. The van der Waals surface area contributed by atoms with Gasteiger partial charge in [-0.25, -0.2) is 5.48 Å². The standard InChI is InChI=1S/C16H29N3O4/c1-12-16(22)19(2)10-8-6-4-3-5-7-9-13(15(21)17-12)11-14(20)18-23/h12-13,23H,3-11H2,1-2H3,(H,17,21)(H,18,20). The van der Waals surface area contributed by atoms with Crippen LogP contribution in [0.25, 0.3) is 0 Å². The normalized spacial score (nSPS) is 25.4. The summed E-state index contributed by atoms with van der Waals surface area (Å²) in [6, 6.07) is -0.616. The summed E-state index contributed by atoms with van der Waals surface area (Å²) in [4.78, 5) is 37.6. The lowest BCUT2D eigenvalue weighted by atomic mass is 9.95. The van der Waals surface area contributed by atoms with Gasteiger partial charge in [-0.3, -0.25) is 19.6 Å². The van der Waals surface area contributed by atoms with E-state index in [-0.39, 0.29) is 18.2 Å². The first-order chi connectivity index (χ1) is 11.0. The van der Waals surface area contributed by atoms with Crippen molar-refractivity contribution in [2.75, 3.05) is 13.6 Å². The molecule has 2 atom stereocenters. The molecule has 0 aromatic heterocycles. The Kier molecular flexibility index (Phi) is 8.61. The fraction of sp³-hybridized carbons (Fsp3) is 0.812. The second-order valence-corrected chi connectivity index (χ2v) is 6.34. The van der Waals surface area contributed by atoms with Crippen LogP contribution in [0.4, 0.5) is 0 Å². The third kappa shape index (κ3) is 6.99. The lowest BCUT2D eigenvalue weighted by Crippen LogP contribution is -2.48. The van der Waals surface area contributed by atoms with E-state index in [9.17, 15) is 14.4 Å². The molecule has 1 saturated heterocycles. The Morgan fingerprint density at radius 1 is 1.22 bits per heavy atom. The first-order valence-corrected chi connectivity index (χ1v) is 8.44. The number of hydroxylamine groups is 1. The third-order valence-electron chi connectivity index (χ3n) is 4.33. The molecule has 0 spiro atoms. The smallest absolute Gasteiger partial charge is 0.244 e. The first-order valence-electron chi connectivity index (χ1n) is 8.44. The molecule has 1 aliphatic heterocycles. The Morgan fingerprint density at radius 3 is 2.48 bits per heavy atom. The van der Waals surface area contributed by atoms with Crippen molar-refractivity contribution < 1.29 is 19.6 Å². The SMILES string of the molecule is CC1NC(=O)C(CC(=O)NO)CCCCCCCCN(C)C1=O. The minimum Gasteiger partial charge on any atom is -0.344 e. The first kappa shape index (κ1) is 19.4. The minimum absolute atomic E-state index is 0.0704. The monoisotopic (exact) mass is 327 g/mol. The maximum atomic E-state index is 12.4. The lowest BCUT2D eigenvalue weighted by Gasteiger charge is -2.24. The van der Waals surface area contributed by atoms with Crippen molar-refractivity contribution in [1.29, 1.82) is 0 Å². The van der Waals surface area contributed by atoms with Gasteiger partial charge in [-0.2, -0.15) is 0 Å². The zero-order chi connectivity index (χ0) is 17.2. The second-order valence-electron chi connectivity index (χ2n) is 6.34. The lowest BCUT2D eigenvalue weighted by molar-refractivity contribution is -0.138. The Labute approximate surface area is 137 Å². The fourth-order valence-electron chi connectivity index (χ4n) is 2.88. The van der Waals surface area contributed by atoms with Crippen LogP contribution in [0.1, 0.15) is 58.3 Å². The van der Waals surface area contributed by atoms with Crippen LogP contribution in [0.2, 0.25) is 0 Å². The molecule has 0 radical (unpaired) electrons. The summed E-state index contributed by atoms with van der Waals surface area (Å²) in [6.45, 7) is 2.35. The van der Waals surface area contributed by atoms with E-state index in [0.29, 0.717) is 13.0 Å². The highest BCUT2D eigenvalue weighted by Gasteiger charge is 2.26. The fourth-order valence-corrected chi connectivity index (χ4v) is 2.88. The molecule has 132 valence electrons. The summed E-state index contributed by atoms with van der Waals surface area (Å²) in [7, 11) is 1.74. The van der Waals surface area contributed by atoms with Crippen molar-refractivity contribution >= 4 is 17.7 Å². The molecule has 1 rings (SSSR count). The zero-order valence-electron chi connectivity index (χ0n) is 14.1. The third-order valence-corrected chi connectivity index (χ3v) is 4.33. The molecule has 1 heterocycles. The van der Waals surface area contributed by atoms with Gasteiger partial charge in [0, 0.05) is 25.9 Å². The minimum atomic E-state index is -0.616. The molecule has 3 N–H and O–H groups in total. The van der Waals surface area contributed by atoms with Gasteiger partial charge in [-0.05, 0) is 19.8 Å². The molecule has 2 unspecified atom stereocenters. The Morgan fingerprint density at radius 2 is 1.83 bits per heavy atom. The van der Waals surface area contributed by atoms with Gasteiger partial charge in [0.1, 0.15) is 6.04 Å². The van der Waals surface area contributed by atoms with E-state index >= 15 is 0 Å². The average molecular weight is 327 g/mol. The van der Waals surface area contributed by atoms with Gasteiger partial charge in [0.25, 0.3) is 0 Å². The molecule has 0 aliphatic carbocycles. The van der Waals surface area contributed by atoms with Crippen LogP contribution in [-0.2, 0) is 14.4 Å². The molecule has 23 heavy (non-hydrogen) atoms. The average Bonchev–Trinajstić information content (AvgIpc) is 2.53. The summed E-state index contributed by atoms with van der Waals surface area (Å²) >= 11 is 0. The highest BCUT2D eigenvalue weighted by atomic mass is 16.5. The number of likely N-dealkylation sites (N-methyl/N-ethyl adjacent to an activating group) is 1. The molecular formula is C16H29N3O4. The van der Waals surface area contributed by atoms with E-state index in [0.717, 1.165) is 38.5 Å². The molecule has 1 fully saturated rings. The number of hydrogen-bond donors (Lipinski definition) is 3. The van der Waals surface area contributed by atoms with E-state index < -0.39 is 17.9 Å². The maximum Gasteiger partial charge on any atom is 0.244 e. The van der Waals surface area contributed by atoms with Gasteiger partial charge in [0.15, 0.2) is 0 Å². The van der Waals surface area contributed by atoms with Crippen LogP contribution >= 0.6 is 0 Å². The largest absolute Gasteiger partial charge is 0.344 e. The second kappa shape index (κ2) is 10.2. The van der Waals surface area contributed by atoms with Gasteiger partial charge in [0.2, 0.25) is 17.7 Å². The Balaban J connectivity index is 2.74. The van der Waals surface area contributed by atoms with Gasteiger partial charge in [-0.15, -0.1) is 0 Å². The number of carbonyl (C=O) groups is 3. The van der Waals surface area contributed by atoms with Crippen molar-refractivity contribution in [2.45, 2.75) is 64.3 Å². The van der Waals surface area contributed by atoms with Crippen molar-refractivity contribution in [1.82, 2.24) is 15.7 Å². The predicted molar refractivity (Wildman–Crippen MR) is 85.6 cm³/mol. The number of nitrogens with one attached hydrogen (secondary N) is 2. The van der Waals surface area contributed by atoms with Crippen LogP contribution < -0.4 is 10.8 Å². The summed E-state index contributed by atoms with van der Waals surface area (Å²) in [5.74, 6) is -1.53. The van der Waals surface area contributed by atoms with E-state index in [2.05, 4.69) is 5.32 Å². The summed E-state index contributed by atoms with van der Waals surface area (Å²) < 4.78 is 0. The maximum absolute atomic E-state index is 12.4. The van der Waals surface area contributed by atoms with E-state index in [4.69, 9.17) is 5.21 Å². The van der Waals surface area contributed by atoms with Gasteiger partial charge < -0.3 is 10.2 Å². The van der Waals surface area contributed by atoms with E-state index in [1.54, 1.807) is 24.4 Å². The molecule has 7 heteroatoms. The predicted octanol–water partition coefficient (Wildman–Crippen LogP) is 1.21. The summed E-state index contributed by atoms with van der Waals surface area (Å²) in [5.41, 5.74) is 1.57. The van der Waals surface area contributed by atoms with Crippen molar-refractivity contribution in [3.8, 4) is 0 Å². The van der Waals surface area contributed by atoms with Crippen molar-refractivity contribution in [3.05, 3.63) is 0 Å². The van der Waals surface area contributed by atoms with Crippen LogP contribution in [0.3, 0.4) is 0 Å². The molecule has 0 aromatic carbocycles. The van der Waals surface area contributed by atoms with Crippen LogP contribution in [0.5, 0.6) is 0 Å². The van der Waals surface area contributed by atoms with Crippen molar-refractivity contribution in [3.63, 3.8) is 0 Å². The number of nitrogens with zero attached hydrogens (tertiary/aromatic N) is 1. The molecule has 0 bridgehead atoms. The zero-order valence-corrected chi connectivity index (χ0v) is 14.1. The van der Waals surface area contributed by atoms with Gasteiger partial charge >= 0.3 is 0 Å². The highest BCUT2D eigenvalue weighted by Crippen LogP contribution is 2.17. The topological polar surface area (TPSA) is 98.7 Å². The Bertz CT molecular complexity index is 414. The molecule has 3 amide bonds.